The molecule has 13 heavy (non-hydrogen) atoms. The minimum atomic E-state index is -0.161. The number of carbonyl (C=O) groups is 1. The van der Waals surface area contributed by atoms with Gasteiger partial charge < -0.3 is 9.78 Å². The van der Waals surface area contributed by atoms with Crippen molar-refractivity contribution in [2.75, 3.05) is 0 Å². The minimum absolute atomic E-state index is 0.111. The predicted octanol–water partition coefficient (Wildman–Crippen LogP) is 0.600. The number of H-pyrrole nitrogens is 1. The van der Waals surface area contributed by atoms with Crippen molar-refractivity contribution in [3.8, 4) is 0 Å². The van der Waals surface area contributed by atoms with Gasteiger partial charge in [-0.15, -0.1) is 0 Å². The molecular formula is C9H12N2O2. The molecule has 0 aliphatic carbocycles. The average molecular weight is 180 g/mol. The lowest BCUT2D eigenvalue weighted by molar-refractivity contribution is -0.116. The van der Waals surface area contributed by atoms with E-state index in [-0.39, 0.29) is 11.3 Å². The second-order valence-corrected chi connectivity index (χ2v) is 3.02. The van der Waals surface area contributed by atoms with Gasteiger partial charge in [-0.05, 0) is 20.3 Å². The molecule has 0 unspecified atom stereocenters. The third-order valence-electron chi connectivity index (χ3n) is 1.65. The number of hydrogen-bond acceptors (Lipinski definition) is 3. The zero-order valence-electron chi connectivity index (χ0n) is 7.76. The van der Waals surface area contributed by atoms with Gasteiger partial charge in [0, 0.05) is 18.2 Å². The van der Waals surface area contributed by atoms with Crippen LogP contribution in [0.4, 0.5) is 0 Å². The van der Waals surface area contributed by atoms with Crippen molar-refractivity contribution in [1.82, 2.24) is 9.97 Å². The zero-order chi connectivity index (χ0) is 9.84. The van der Waals surface area contributed by atoms with E-state index < -0.39 is 0 Å². The molecule has 1 N–H and O–H groups in total. The predicted molar refractivity (Wildman–Crippen MR) is 48.6 cm³/mol. The Labute approximate surface area is 76.0 Å². The lowest BCUT2D eigenvalue weighted by Crippen LogP contribution is -2.11. The van der Waals surface area contributed by atoms with Gasteiger partial charge in [0.2, 0.25) is 0 Å². The number of aromatic nitrogens is 2. The molecule has 1 aromatic heterocycles. The van der Waals surface area contributed by atoms with Crippen LogP contribution in [0.1, 0.15) is 24.9 Å². The quantitative estimate of drug-likeness (QED) is 0.740. The molecule has 1 aromatic rings. The van der Waals surface area contributed by atoms with E-state index in [4.69, 9.17) is 0 Å². The van der Waals surface area contributed by atoms with Crippen LogP contribution in [0.2, 0.25) is 0 Å². The van der Waals surface area contributed by atoms with Crippen molar-refractivity contribution in [3.63, 3.8) is 0 Å². The van der Waals surface area contributed by atoms with Crippen LogP contribution >= 0.6 is 0 Å². The van der Waals surface area contributed by atoms with Gasteiger partial charge in [-0.25, -0.2) is 4.98 Å². The second-order valence-electron chi connectivity index (χ2n) is 3.02. The molecule has 0 amide bonds. The van der Waals surface area contributed by atoms with Crippen molar-refractivity contribution in [2.24, 2.45) is 0 Å². The monoisotopic (exact) mass is 180 g/mol. The lowest BCUT2D eigenvalue weighted by atomic mass is 10.2. The van der Waals surface area contributed by atoms with Crippen molar-refractivity contribution < 1.29 is 4.79 Å². The molecule has 0 spiro atoms. The number of nitrogens with zero attached hydrogens (tertiary/aromatic N) is 1. The highest BCUT2D eigenvalue weighted by atomic mass is 16.1. The highest BCUT2D eigenvalue weighted by molar-refractivity contribution is 5.75. The molecule has 0 aliphatic rings. The average Bonchev–Trinajstić information content (AvgIpc) is 1.99. The molecule has 0 aromatic carbocycles. The van der Waals surface area contributed by atoms with Crippen LogP contribution in [0, 0.1) is 6.92 Å². The standard InChI is InChI=1S/C9H12N2O2/c1-6(12)3-4-8-5-9(13)11-7(2)10-8/h5H,3-4H2,1-2H3,(H,10,11,13). The first-order chi connectivity index (χ1) is 6.08. The summed E-state index contributed by atoms with van der Waals surface area (Å²) >= 11 is 0. The van der Waals surface area contributed by atoms with E-state index in [9.17, 15) is 9.59 Å². The zero-order valence-corrected chi connectivity index (χ0v) is 7.76. The SMILES string of the molecule is CC(=O)CCc1cc(=O)[nH]c(C)n1. The maximum absolute atomic E-state index is 11.0. The number of rotatable bonds is 3. The fourth-order valence-electron chi connectivity index (χ4n) is 1.07. The van der Waals surface area contributed by atoms with Crippen molar-refractivity contribution in [1.29, 1.82) is 0 Å². The molecule has 0 bridgehead atoms. The molecule has 0 aliphatic heterocycles. The summed E-state index contributed by atoms with van der Waals surface area (Å²) in [5.41, 5.74) is 0.516. The summed E-state index contributed by atoms with van der Waals surface area (Å²) in [4.78, 5) is 28.3. The van der Waals surface area contributed by atoms with Crippen molar-refractivity contribution in [2.45, 2.75) is 26.7 Å². The van der Waals surface area contributed by atoms with Gasteiger partial charge in [0.1, 0.15) is 11.6 Å². The first kappa shape index (κ1) is 9.64. The van der Waals surface area contributed by atoms with Crippen LogP contribution in [0.3, 0.4) is 0 Å². The third-order valence-corrected chi connectivity index (χ3v) is 1.65. The molecule has 4 heteroatoms. The Balaban J connectivity index is 2.77. The van der Waals surface area contributed by atoms with Gasteiger partial charge in [-0.1, -0.05) is 0 Å². The lowest BCUT2D eigenvalue weighted by Gasteiger charge is -1.98. The maximum Gasteiger partial charge on any atom is 0.251 e. The maximum atomic E-state index is 11.0. The van der Waals surface area contributed by atoms with Crippen molar-refractivity contribution in [3.05, 3.63) is 27.9 Å². The number of Topliss-reactive ketones (excluding diaryl/α,β-unsaturated/α-hetero) is 1. The Bertz CT molecular complexity index is 368. The number of carbonyl (C=O) groups excluding carboxylic acids is 1. The molecule has 1 rings (SSSR count). The van der Waals surface area contributed by atoms with E-state index in [1.165, 1.54) is 13.0 Å². The van der Waals surface area contributed by atoms with Gasteiger partial charge in [0.15, 0.2) is 0 Å². The van der Waals surface area contributed by atoms with Crippen LogP contribution in [-0.2, 0) is 11.2 Å². The molecular weight excluding hydrogens is 168 g/mol. The Hall–Kier alpha value is -1.45. The highest BCUT2D eigenvalue weighted by Crippen LogP contribution is 1.96. The van der Waals surface area contributed by atoms with E-state index >= 15 is 0 Å². The summed E-state index contributed by atoms with van der Waals surface area (Å²) in [6.45, 7) is 3.25. The topological polar surface area (TPSA) is 62.8 Å². The number of aryl methyl sites for hydroxylation is 2. The van der Waals surface area contributed by atoms with Crippen LogP contribution in [0.5, 0.6) is 0 Å². The summed E-state index contributed by atoms with van der Waals surface area (Å²) in [5, 5.41) is 0. The summed E-state index contributed by atoms with van der Waals surface area (Å²) in [5.74, 6) is 0.700. The van der Waals surface area contributed by atoms with Gasteiger partial charge >= 0.3 is 0 Å². The summed E-state index contributed by atoms with van der Waals surface area (Å²) in [6.07, 6.45) is 0.982. The van der Waals surface area contributed by atoms with E-state index in [1.54, 1.807) is 6.92 Å². The molecule has 0 fully saturated rings. The minimum Gasteiger partial charge on any atom is -0.311 e. The Morgan fingerprint density at radius 2 is 2.31 bits per heavy atom. The Kier molecular flexibility index (Phi) is 2.95. The van der Waals surface area contributed by atoms with Gasteiger partial charge in [0.25, 0.3) is 5.56 Å². The molecule has 70 valence electrons. The van der Waals surface area contributed by atoms with Crippen LogP contribution in [0.25, 0.3) is 0 Å². The second kappa shape index (κ2) is 3.98. The normalized spacial score (nSPS) is 10.0. The third kappa shape index (κ3) is 3.19. The van der Waals surface area contributed by atoms with E-state index in [0.29, 0.717) is 24.4 Å². The smallest absolute Gasteiger partial charge is 0.251 e. The summed E-state index contributed by atoms with van der Waals surface area (Å²) in [6, 6.07) is 1.43. The number of nitrogens with one attached hydrogen (secondary N) is 1. The van der Waals surface area contributed by atoms with E-state index in [2.05, 4.69) is 9.97 Å². The van der Waals surface area contributed by atoms with E-state index in [0.717, 1.165) is 0 Å². The summed E-state index contributed by atoms with van der Waals surface area (Å²) in [7, 11) is 0. The number of ketones is 1. The van der Waals surface area contributed by atoms with Crippen LogP contribution in [-0.4, -0.2) is 15.8 Å². The van der Waals surface area contributed by atoms with Gasteiger partial charge in [-0.2, -0.15) is 0 Å². The van der Waals surface area contributed by atoms with Gasteiger partial charge in [-0.3, -0.25) is 4.79 Å². The molecule has 0 radical (unpaired) electrons. The number of aromatic amines is 1. The fourth-order valence-corrected chi connectivity index (χ4v) is 1.07. The largest absolute Gasteiger partial charge is 0.311 e. The van der Waals surface area contributed by atoms with Crippen LogP contribution in [0.15, 0.2) is 10.9 Å². The first-order valence-electron chi connectivity index (χ1n) is 4.14. The number of hydrogen-bond donors (Lipinski definition) is 1. The summed E-state index contributed by atoms with van der Waals surface area (Å²) < 4.78 is 0. The highest BCUT2D eigenvalue weighted by Gasteiger charge is 1.99. The Morgan fingerprint density at radius 1 is 1.62 bits per heavy atom. The van der Waals surface area contributed by atoms with Crippen molar-refractivity contribution >= 4 is 5.78 Å². The van der Waals surface area contributed by atoms with Crippen LogP contribution < -0.4 is 5.56 Å². The first-order valence-corrected chi connectivity index (χ1v) is 4.14. The Morgan fingerprint density at radius 3 is 2.85 bits per heavy atom. The fraction of sp³-hybridized carbons (Fsp3) is 0.444. The molecule has 0 saturated heterocycles. The van der Waals surface area contributed by atoms with E-state index in [1.807, 2.05) is 0 Å². The molecule has 0 saturated carbocycles. The molecule has 4 nitrogen and oxygen atoms in total. The molecule has 0 atom stereocenters. The van der Waals surface area contributed by atoms with Gasteiger partial charge in [0.05, 0.1) is 0 Å². The molecule has 1 heterocycles.